The van der Waals surface area contributed by atoms with Crippen LogP contribution in [0.2, 0.25) is 0 Å². The molecular formula is C20H27N3O. The summed E-state index contributed by atoms with van der Waals surface area (Å²) in [7, 11) is 0. The summed E-state index contributed by atoms with van der Waals surface area (Å²) < 4.78 is 1.76. The van der Waals surface area contributed by atoms with Gasteiger partial charge >= 0.3 is 0 Å². The molecule has 0 bridgehead atoms. The number of likely N-dealkylation sites (tertiary alicyclic amines) is 1. The van der Waals surface area contributed by atoms with Crippen molar-refractivity contribution in [1.29, 1.82) is 0 Å². The topological polar surface area (TPSA) is 37.3 Å². The molecule has 1 aromatic heterocycles. The van der Waals surface area contributed by atoms with Crippen LogP contribution in [-0.4, -0.2) is 35.6 Å². The zero-order valence-corrected chi connectivity index (χ0v) is 14.5. The lowest BCUT2D eigenvalue weighted by Crippen LogP contribution is -2.33. The van der Waals surface area contributed by atoms with E-state index in [1.165, 1.54) is 32.4 Å². The van der Waals surface area contributed by atoms with Gasteiger partial charge in [-0.3, -0.25) is 4.79 Å². The number of nitrogens with zero attached hydrogens (tertiary/aromatic N) is 2. The Kier molecular flexibility index (Phi) is 5.70. The van der Waals surface area contributed by atoms with Crippen molar-refractivity contribution < 1.29 is 0 Å². The third-order valence-corrected chi connectivity index (χ3v) is 4.64. The second kappa shape index (κ2) is 8.15. The van der Waals surface area contributed by atoms with Gasteiger partial charge in [0.15, 0.2) is 0 Å². The molecule has 3 rings (SSSR count). The molecule has 1 fully saturated rings. The molecular weight excluding hydrogens is 298 g/mol. The van der Waals surface area contributed by atoms with Gasteiger partial charge in [0.25, 0.3) is 5.56 Å². The first kappa shape index (κ1) is 16.8. The number of pyridine rings is 1. The number of aryl methyl sites for hydroxylation is 1. The van der Waals surface area contributed by atoms with Gasteiger partial charge in [-0.2, -0.15) is 0 Å². The maximum absolute atomic E-state index is 11.9. The van der Waals surface area contributed by atoms with Crippen molar-refractivity contribution in [3.8, 4) is 0 Å². The molecule has 4 heteroatoms. The second-order valence-corrected chi connectivity index (χ2v) is 6.70. The quantitative estimate of drug-likeness (QED) is 0.887. The van der Waals surface area contributed by atoms with Crippen LogP contribution < -0.4 is 10.9 Å². The monoisotopic (exact) mass is 325 g/mol. The summed E-state index contributed by atoms with van der Waals surface area (Å²) in [5, 5.41) is 3.49. The highest BCUT2D eigenvalue weighted by Gasteiger charge is 2.08. The third-order valence-electron chi connectivity index (χ3n) is 4.64. The average Bonchev–Trinajstić information content (AvgIpc) is 2.61. The van der Waals surface area contributed by atoms with Crippen molar-refractivity contribution in [2.24, 2.45) is 0 Å². The molecule has 128 valence electrons. The minimum Gasteiger partial charge on any atom is -0.384 e. The fraction of sp³-hybridized carbons (Fsp3) is 0.450. The second-order valence-electron chi connectivity index (χ2n) is 6.70. The maximum atomic E-state index is 11.9. The van der Waals surface area contributed by atoms with Gasteiger partial charge in [-0.1, -0.05) is 24.6 Å². The summed E-state index contributed by atoms with van der Waals surface area (Å²) in [5.74, 6) is 0. The fourth-order valence-corrected chi connectivity index (χ4v) is 3.24. The smallest absolute Gasteiger partial charge is 0.250 e. The number of nitrogens with one attached hydrogen (secondary N) is 1. The van der Waals surface area contributed by atoms with Gasteiger partial charge in [0.2, 0.25) is 0 Å². The number of benzene rings is 1. The molecule has 1 aliphatic rings. The van der Waals surface area contributed by atoms with Crippen LogP contribution in [-0.2, 0) is 6.54 Å². The third kappa shape index (κ3) is 4.71. The molecule has 4 nitrogen and oxygen atoms in total. The molecule has 2 aromatic rings. The lowest BCUT2D eigenvalue weighted by molar-refractivity contribution is 0.237. The molecule has 1 aliphatic heterocycles. The van der Waals surface area contributed by atoms with Crippen LogP contribution in [0.3, 0.4) is 0 Å². The Morgan fingerprint density at radius 2 is 1.75 bits per heavy atom. The lowest BCUT2D eigenvalue weighted by atomic mass is 10.1. The molecule has 0 unspecified atom stereocenters. The highest BCUT2D eigenvalue weighted by atomic mass is 16.1. The first-order chi connectivity index (χ1) is 11.7. The van der Waals surface area contributed by atoms with Crippen LogP contribution in [0.15, 0.2) is 47.4 Å². The molecule has 0 radical (unpaired) electrons. The highest BCUT2D eigenvalue weighted by molar-refractivity contribution is 5.44. The van der Waals surface area contributed by atoms with Crippen LogP contribution in [0.4, 0.5) is 5.69 Å². The van der Waals surface area contributed by atoms with E-state index >= 15 is 0 Å². The number of hydrogen-bond donors (Lipinski definition) is 1. The van der Waals surface area contributed by atoms with E-state index < -0.39 is 0 Å². The molecule has 1 aromatic carbocycles. The molecule has 0 atom stereocenters. The van der Waals surface area contributed by atoms with Crippen LogP contribution in [0.1, 0.15) is 30.4 Å². The van der Waals surface area contributed by atoms with Gasteiger partial charge < -0.3 is 14.8 Å². The van der Waals surface area contributed by atoms with E-state index in [9.17, 15) is 4.79 Å². The number of anilines is 1. The van der Waals surface area contributed by atoms with E-state index in [1.807, 2.05) is 19.2 Å². The van der Waals surface area contributed by atoms with Crippen LogP contribution >= 0.6 is 0 Å². The van der Waals surface area contributed by atoms with Crippen LogP contribution in [0.5, 0.6) is 0 Å². The van der Waals surface area contributed by atoms with Crippen molar-refractivity contribution in [3.63, 3.8) is 0 Å². The van der Waals surface area contributed by atoms with Gasteiger partial charge in [-0.05, 0) is 56.1 Å². The zero-order chi connectivity index (χ0) is 16.8. The minimum absolute atomic E-state index is 0.0457. The van der Waals surface area contributed by atoms with E-state index in [2.05, 4.69) is 34.5 Å². The van der Waals surface area contributed by atoms with Gasteiger partial charge in [-0.25, -0.2) is 0 Å². The van der Waals surface area contributed by atoms with Gasteiger partial charge in [0, 0.05) is 31.0 Å². The van der Waals surface area contributed by atoms with E-state index in [0.29, 0.717) is 6.54 Å². The number of aromatic nitrogens is 1. The fourth-order valence-electron chi connectivity index (χ4n) is 3.24. The molecule has 0 amide bonds. The Morgan fingerprint density at radius 3 is 2.50 bits per heavy atom. The molecule has 0 saturated carbocycles. The zero-order valence-electron chi connectivity index (χ0n) is 14.5. The first-order valence-corrected chi connectivity index (χ1v) is 8.93. The van der Waals surface area contributed by atoms with Gasteiger partial charge in [0.1, 0.15) is 0 Å². The molecule has 0 aliphatic carbocycles. The standard InChI is InChI=1S/C20H27N3O/c1-17-5-10-20(24)23(15-17)16-18-6-8-19(9-7-18)21-11-14-22-12-3-2-4-13-22/h5-10,15,21H,2-4,11-14,16H2,1H3. The summed E-state index contributed by atoms with van der Waals surface area (Å²) in [4.78, 5) is 14.4. The Balaban J connectivity index is 1.51. The van der Waals surface area contributed by atoms with E-state index in [-0.39, 0.29) is 5.56 Å². The predicted octanol–water partition coefficient (Wildman–Crippen LogP) is 3.10. The van der Waals surface area contributed by atoms with Crippen molar-refractivity contribution in [2.45, 2.75) is 32.7 Å². The minimum atomic E-state index is 0.0457. The van der Waals surface area contributed by atoms with E-state index in [4.69, 9.17) is 0 Å². The predicted molar refractivity (Wildman–Crippen MR) is 99.8 cm³/mol. The molecule has 2 heterocycles. The average molecular weight is 325 g/mol. The molecule has 0 spiro atoms. The number of hydrogen-bond acceptors (Lipinski definition) is 3. The summed E-state index contributed by atoms with van der Waals surface area (Å²) in [6.45, 7) is 7.20. The van der Waals surface area contributed by atoms with Gasteiger partial charge in [-0.15, -0.1) is 0 Å². The summed E-state index contributed by atoms with van der Waals surface area (Å²) >= 11 is 0. The van der Waals surface area contributed by atoms with E-state index in [1.54, 1.807) is 10.6 Å². The SMILES string of the molecule is Cc1ccc(=O)n(Cc2ccc(NCCN3CCCCC3)cc2)c1. The first-order valence-electron chi connectivity index (χ1n) is 8.93. The lowest BCUT2D eigenvalue weighted by Gasteiger charge is -2.26. The van der Waals surface area contributed by atoms with Crippen molar-refractivity contribution >= 4 is 5.69 Å². The van der Waals surface area contributed by atoms with Crippen LogP contribution in [0.25, 0.3) is 0 Å². The Hall–Kier alpha value is -2.07. The highest BCUT2D eigenvalue weighted by Crippen LogP contribution is 2.11. The summed E-state index contributed by atoms with van der Waals surface area (Å²) in [6.07, 6.45) is 5.97. The Bertz CT molecular complexity index is 700. The van der Waals surface area contributed by atoms with Crippen molar-refractivity contribution in [3.05, 3.63) is 64.1 Å². The van der Waals surface area contributed by atoms with Crippen molar-refractivity contribution in [2.75, 3.05) is 31.5 Å². The largest absolute Gasteiger partial charge is 0.384 e. The van der Waals surface area contributed by atoms with Crippen molar-refractivity contribution in [1.82, 2.24) is 9.47 Å². The molecule has 24 heavy (non-hydrogen) atoms. The van der Waals surface area contributed by atoms with Gasteiger partial charge in [0.05, 0.1) is 6.54 Å². The number of piperidine rings is 1. The Labute approximate surface area is 144 Å². The summed E-state index contributed by atoms with van der Waals surface area (Å²) in [6, 6.07) is 11.9. The Morgan fingerprint density at radius 1 is 1.00 bits per heavy atom. The summed E-state index contributed by atoms with van der Waals surface area (Å²) in [5.41, 5.74) is 3.44. The normalized spacial score (nSPS) is 15.4. The maximum Gasteiger partial charge on any atom is 0.250 e. The molecule has 1 saturated heterocycles. The van der Waals surface area contributed by atoms with E-state index in [0.717, 1.165) is 29.9 Å². The number of rotatable bonds is 6. The molecule has 1 N–H and O–H groups in total. The van der Waals surface area contributed by atoms with Crippen LogP contribution in [0, 0.1) is 6.92 Å².